The molecule has 0 aliphatic rings. The van der Waals surface area contributed by atoms with Crippen LogP contribution in [0.3, 0.4) is 0 Å². The number of halogens is 3. The minimum Gasteiger partial charge on any atom is -0.383 e. The van der Waals surface area contributed by atoms with Crippen molar-refractivity contribution >= 4 is 29.0 Å². The number of hydrogen-bond acceptors (Lipinski definition) is 2. The lowest BCUT2D eigenvalue weighted by Gasteiger charge is -2.04. The SMILES string of the molecule is CN(C)C=CC(=O)c1cc(F)c(Cl)cc1Cl. The molecule has 0 unspecified atom stereocenters. The fraction of sp³-hybridized carbons (Fsp3) is 0.182. The summed E-state index contributed by atoms with van der Waals surface area (Å²) in [5, 5.41) is 0.0398. The molecule has 0 amide bonds. The van der Waals surface area contributed by atoms with Crippen LogP contribution in [0.15, 0.2) is 24.4 Å². The molecule has 0 aliphatic carbocycles. The van der Waals surface area contributed by atoms with E-state index in [1.54, 1.807) is 25.2 Å². The molecule has 0 spiro atoms. The Morgan fingerprint density at radius 2 is 1.94 bits per heavy atom. The van der Waals surface area contributed by atoms with Crippen LogP contribution in [-0.2, 0) is 0 Å². The van der Waals surface area contributed by atoms with Gasteiger partial charge in [-0.1, -0.05) is 23.2 Å². The standard InChI is InChI=1S/C11H10Cl2FNO/c1-15(2)4-3-11(16)7-5-10(14)9(13)6-8(7)12/h3-6H,1-2H3. The van der Waals surface area contributed by atoms with Gasteiger partial charge in [-0.25, -0.2) is 4.39 Å². The highest BCUT2D eigenvalue weighted by Crippen LogP contribution is 2.24. The molecule has 1 rings (SSSR count). The summed E-state index contributed by atoms with van der Waals surface area (Å²) in [6, 6.07) is 2.25. The molecule has 0 atom stereocenters. The van der Waals surface area contributed by atoms with Crippen LogP contribution in [-0.4, -0.2) is 24.8 Å². The van der Waals surface area contributed by atoms with E-state index in [-0.39, 0.29) is 21.4 Å². The third-order valence-corrected chi connectivity index (χ3v) is 2.40. The maximum Gasteiger partial charge on any atom is 0.188 e. The summed E-state index contributed by atoms with van der Waals surface area (Å²) in [7, 11) is 3.54. The van der Waals surface area contributed by atoms with E-state index in [2.05, 4.69) is 0 Å². The van der Waals surface area contributed by atoms with Crippen molar-refractivity contribution in [1.82, 2.24) is 4.90 Å². The average molecular weight is 262 g/mol. The number of ketones is 1. The van der Waals surface area contributed by atoms with Crippen LogP contribution >= 0.6 is 23.2 Å². The number of carbonyl (C=O) groups excluding carboxylic acids is 1. The van der Waals surface area contributed by atoms with Crippen LogP contribution in [0.2, 0.25) is 10.0 Å². The minimum atomic E-state index is -0.660. The van der Waals surface area contributed by atoms with Crippen LogP contribution in [0.5, 0.6) is 0 Å². The van der Waals surface area contributed by atoms with Gasteiger partial charge < -0.3 is 4.90 Å². The van der Waals surface area contributed by atoms with Crippen LogP contribution in [0.25, 0.3) is 0 Å². The number of benzene rings is 1. The molecular formula is C11H10Cl2FNO. The third kappa shape index (κ3) is 3.22. The zero-order valence-corrected chi connectivity index (χ0v) is 10.3. The fourth-order valence-corrected chi connectivity index (χ4v) is 1.49. The normalized spacial score (nSPS) is 10.8. The summed E-state index contributed by atoms with van der Waals surface area (Å²) < 4.78 is 13.1. The van der Waals surface area contributed by atoms with E-state index in [0.29, 0.717) is 0 Å². The number of rotatable bonds is 3. The molecule has 0 bridgehead atoms. The average Bonchev–Trinajstić information content (AvgIpc) is 2.20. The number of carbonyl (C=O) groups is 1. The predicted molar refractivity (Wildman–Crippen MR) is 63.6 cm³/mol. The van der Waals surface area contributed by atoms with Gasteiger partial charge in [-0.15, -0.1) is 0 Å². The van der Waals surface area contributed by atoms with Gasteiger partial charge in [-0.05, 0) is 12.1 Å². The molecule has 1 aromatic rings. The van der Waals surface area contributed by atoms with Gasteiger partial charge >= 0.3 is 0 Å². The number of nitrogens with zero attached hydrogens (tertiary/aromatic N) is 1. The van der Waals surface area contributed by atoms with Crippen molar-refractivity contribution in [3.8, 4) is 0 Å². The quantitative estimate of drug-likeness (QED) is 0.472. The van der Waals surface area contributed by atoms with E-state index in [1.165, 1.54) is 12.1 Å². The van der Waals surface area contributed by atoms with Crippen LogP contribution in [0, 0.1) is 5.82 Å². The molecule has 16 heavy (non-hydrogen) atoms. The van der Waals surface area contributed by atoms with E-state index in [0.717, 1.165) is 6.07 Å². The Bertz CT molecular complexity index is 444. The largest absolute Gasteiger partial charge is 0.383 e. The van der Waals surface area contributed by atoms with Crippen molar-refractivity contribution in [3.05, 3.63) is 45.8 Å². The molecule has 0 aromatic heterocycles. The lowest BCUT2D eigenvalue weighted by Crippen LogP contribution is -2.04. The summed E-state index contributed by atoms with van der Waals surface area (Å²) in [6.07, 6.45) is 2.87. The number of allylic oxidation sites excluding steroid dienone is 1. The van der Waals surface area contributed by atoms with E-state index >= 15 is 0 Å². The molecule has 0 aliphatic heterocycles. The Labute approximate surface area is 103 Å². The molecule has 0 saturated heterocycles. The molecule has 2 nitrogen and oxygen atoms in total. The molecule has 0 radical (unpaired) electrons. The second kappa shape index (κ2) is 5.32. The first-order valence-electron chi connectivity index (χ1n) is 4.45. The molecule has 0 saturated carbocycles. The lowest BCUT2D eigenvalue weighted by atomic mass is 10.1. The van der Waals surface area contributed by atoms with Crippen molar-refractivity contribution in [2.45, 2.75) is 0 Å². The van der Waals surface area contributed by atoms with Gasteiger partial charge in [0, 0.05) is 31.9 Å². The highest BCUT2D eigenvalue weighted by Gasteiger charge is 2.11. The first kappa shape index (κ1) is 13.0. The van der Waals surface area contributed by atoms with Crippen LogP contribution in [0.1, 0.15) is 10.4 Å². The van der Waals surface area contributed by atoms with Gasteiger partial charge in [-0.2, -0.15) is 0 Å². The topological polar surface area (TPSA) is 20.3 Å². The molecule has 5 heteroatoms. The van der Waals surface area contributed by atoms with E-state index < -0.39 is 5.82 Å². The van der Waals surface area contributed by atoms with E-state index in [1.807, 2.05) is 0 Å². The van der Waals surface area contributed by atoms with Gasteiger partial charge in [0.2, 0.25) is 0 Å². The van der Waals surface area contributed by atoms with Crippen molar-refractivity contribution in [2.24, 2.45) is 0 Å². The summed E-state index contributed by atoms with van der Waals surface area (Å²) in [6.45, 7) is 0. The van der Waals surface area contributed by atoms with Crippen molar-refractivity contribution < 1.29 is 9.18 Å². The van der Waals surface area contributed by atoms with Gasteiger partial charge in [0.15, 0.2) is 5.78 Å². The smallest absolute Gasteiger partial charge is 0.188 e. The summed E-state index contributed by atoms with van der Waals surface area (Å²) in [5.74, 6) is -1.03. The van der Waals surface area contributed by atoms with Crippen LogP contribution in [0.4, 0.5) is 4.39 Å². The molecule has 86 valence electrons. The second-order valence-corrected chi connectivity index (χ2v) is 4.20. The first-order valence-corrected chi connectivity index (χ1v) is 5.21. The van der Waals surface area contributed by atoms with Crippen molar-refractivity contribution in [2.75, 3.05) is 14.1 Å². The molecule has 0 N–H and O–H groups in total. The summed E-state index contributed by atoms with van der Waals surface area (Å²) >= 11 is 11.3. The maximum absolute atomic E-state index is 13.1. The Morgan fingerprint density at radius 1 is 1.31 bits per heavy atom. The monoisotopic (exact) mass is 261 g/mol. The van der Waals surface area contributed by atoms with Gasteiger partial charge in [0.1, 0.15) is 5.82 Å². The lowest BCUT2D eigenvalue weighted by molar-refractivity contribution is 0.104. The predicted octanol–water partition coefficient (Wildman–Crippen LogP) is 3.39. The highest BCUT2D eigenvalue weighted by atomic mass is 35.5. The fourth-order valence-electron chi connectivity index (χ4n) is 1.02. The molecule has 0 fully saturated rings. The van der Waals surface area contributed by atoms with Crippen molar-refractivity contribution in [3.63, 3.8) is 0 Å². The second-order valence-electron chi connectivity index (χ2n) is 3.39. The Kier molecular flexibility index (Phi) is 4.33. The third-order valence-electron chi connectivity index (χ3n) is 1.80. The van der Waals surface area contributed by atoms with E-state index in [9.17, 15) is 9.18 Å². The molecular weight excluding hydrogens is 252 g/mol. The summed E-state index contributed by atoms with van der Waals surface area (Å²) in [5.41, 5.74) is 0.0988. The summed E-state index contributed by atoms with van der Waals surface area (Å²) in [4.78, 5) is 13.3. The number of hydrogen-bond donors (Lipinski definition) is 0. The Hall–Kier alpha value is -1.06. The van der Waals surface area contributed by atoms with Gasteiger partial charge in [0.05, 0.1) is 10.0 Å². The first-order chi connectivity index (χ1) is 7.41. The van der Waals surface area contributed by atoms with Crippen LogP contribution < -0.4 is 0 Å². The zero-order chi connectivity index (χ0) is 12.3. The highest BCUT2D eigenvalue weighted by molar-refractivity contribution is 6.37. The minimum absolute atomic E-state index is 0.0988. The van der Waals surface area contributed by atoms with Gasteiger partial charge in [0.25, 0.3) is 0 Å². The molecule has 0 heterocycles. The Balaban J connectivity index is 3.05. The van der Waals surface area contributed by atoms with E-state index in [4.69, 9.17) is 23.2 Å². The zero-order valence-electron chi connectivity index (χ0n) is 8.80. The Morgan fingerprint density at radius 3 is 2.50 bits per heavy atom. The van der Waals surface area contributed by atoms with Crippen molar-refractivity contribution in [1.29, 1.82) is 0 Å². The maximum atomic E-state index is 13.1. The molecule has 1 aromatic carbocycles. The van der Waals surface area contributed by atoms with Gasteiger partial charge in [-0.3, -0.25) is 4.79 Å².